The summed E-state index contributed by atoms with van der Waals surface area (Å²) in [4.78, 5) is 13.2. The van der Waals surface area contributed by atoms with Gasteiger partial charge in [-0.15, -0.1) is 0 Å². The first-order chi connectivity index (χ1) is 5.81. The average molecular weight is 172 g/mol. The Labute approximate surface area is 70.5 Å². The molecule has 6 nitrogen and oxygen atoms in total. The first kappa shape index (κ1) is 10.7. The number of nitrogens with one attached hydrogen (secondary N) is 1. The Morgan fingerprint density at radius 3 is 3.00 bits per heavy atom. The molecule has 68 valence electrons. The summed E-state index contributed by atoms with van der Waals surface area (Å²) in [5, 5.41) is 5.73. The monoisotopic (exact) mass is 172 g/mol. The second kappa shape index (κ2) is 7.84. The lowest BCUT2D eigenvalue weighted by atomic mass is 10.4. The predicted octanol–water partition coefficient (Wildman–Crippen LogP) is 0.449. The maximum absolute atomic E-state index is 10.6. The van der Waals surface area contributed by atoms with Gasteiger partial charge in [-0.2, -0.15) is 0 Å². The van der Waals surface area contributed by atoms with Crippen molar-refractivity contribution in [3.05, 3.63) is 10.4 Å². The largest absolute Gasteiger partial charge is 0.381 e. The molecule has 0 saturated heterocycles. The Bertz CT molecular complexity index is 176. The summed E-state index contributed by atoms with van der Waals surface area (Å²) in [6, 6.07) is 0. The van der Waals surface area contributed by atoms with Gasteiger partial charge in [-0.05, 0) is 5.53 Å². The van der Waals surface area contributed by atoms with Crippen molar-refractivity contribution in [1.82, 2.24) is 5.32 Å². The third kappa shape index (κ3) is 6.85. The van der Waals surface area contributed by atoms with Gasteiger partial charge < -0.3 is 10.1 Å². The summed E-state index contributed by atoms with van der Waals surface area (Å²) >= 11 is 0. The van der Waals surface area contributed by atoms with Gasteiger partial charge in [0.15, 0.2) is 0 Å². The number of carbonyl (C=O) groups excluding carboxylic acids is 1. The van der Waals surface area contributed by atoms with Gasteiger partial charge in [-0.1, -0.05) is 5.11 Å². The summed E-state index contributed by atoms with van der Waals surface area (Å²) in [5.41, 5.74) is 7.89. The summed E-state index contributed by atoms with van der Waals surface area (Å²) < 4.78 is 4.98. The minimum atomic E-state index is -0.0567. The second-order valence-corrected chi connectivity index (χ2v) is 1.99. The number of hydrogen-bond donors (Lipinski definition) is 1. The highest BCUT2D eigenvalue weighted by atomic mass is 16.5. The van der Waals surface area contributed by atoms with Gasteiger partial charge in [0, 0.05) is 24.9 Å². The summed E-state index contributed by atoms with van der Waals surface area (Å²) in [6.45, 7) is 1.03. The van der Waals surface area contributed by atoms with Crippen molar-refractivity contribution in [3.8, 4) is 0 Å². The van der Waals surface area contributed by atoms with E-state index in [4.69, 9.17) is 10.3 Å². The molecular formula is C6H12N4O2. The molecule has 0 atom stereocenters. The van der Waals surface area contributed by atoms with E-state index in [0.29, 0.717) is 26.2 Å². The van der Waals surface area contributed by atoms with Crippen LogP contribution < -0.4 is 5.32 Å². The van der Waals surface area contributed by atoms with Crippen LogP contribution in [0.1, 0.15) is 6.42 Å². The molecule has 0 aliphatic rings. The molecule has 0 saturated carbocycles. The Kier molecular flexibility index (Phi) is 7.02. The number of rotatable bonds is 6. The quantitative estimate of drug-likeness (QED) is 0.273. The Balaban J connectivity index is 3.10. The summed E-state index contributed by atoms with van der Waals surface area (Å²) in [7, 11) is 1.57. The molecule has 6 heteroatoms. The first-order valence-corrected chi connectivity index (χ1v) is 3.60. The third-order valence-corrected chi connectivity index (χ3v) is 1.15. The molecule has 0 radical (unpaired) electrons. The third-order valence-electron chi connectivity index (χ3n) is 1.15. The minimum Gasteiger partial charge on any atom is -0.381 e. The van der Waals surface area contributed by atoms with Crippen LogP contribution in [0.15, 0.2) is 5.11 Å². The van der Waals surface area contributed by atoms with E-state index in [9.17, 15) is 4.79 Å². The van der Waals surface area contributed by atoms with Crippen molar-refractivity contribution < 1.29 is 9.53 Å². The van der Waals surface area contributed by atoms with Crippen LogP contribution >= 0.6 is 0 Å². The molecule has 1 N–H and O–H groups in total. The van der Waals surface area contributed by atoms with E-state index in [2.05, 4.69) is 15.3 Å². The fourth-order valence-corrected chi connectivity index (χ4v) is 0.542. The standard InChI is InChI=1S/C6H12N4O2/c1-8-6(11)2-4-12-5-3-9-10-7/h2-5H2,1H3,(H,8,11). The molecule has 0 aromatic heterocycles. The van der Waals surface area contributed by atoms with Crippen LogP contribution in [0.25, 0.3) is 10.4 Å². The summed E-state index contributed by atoms with van der Waals surface area (Å²) in [6.07, 6.45) is 0.340. The smallest absolute Gasteiger partial charge is 0.222 e. The normalized spacial score (nSPS) is 8.75. The highest BCUT2D eigenvalue weighted by molar-refractivity contribution is 5.75. The van der Waals surface area contributed by atoms with Gasteiger partial charge in [0.2, 0.25) is 5.91 Å². The number of carbonyl (C=O) groups is 1. The second-order valence-electron chi connectivity index (χ2n) is 1.99. The van der Waals surface area contributed by atoms with E-state index in [0.717, 1.165) is 0 Å². The topological polar surface area (TPSA) is 87.1 Å². The molecule has 0 unspecified atom stereocenters. The van der Waals surface area contributed by atoms with Crippen LogP contribution in [0.2, 0.25) is 0 Å². The molecule has 0 aromatic rings. The van der Waals surface area contributed by atoms with Crippen molar-refractivity contribution >= 4 is 5.91 Å². The lowest BCUT2D eigenvalue weighted by Crippen LogP contribution is -2.19. The number of azide groups is 1. The predicted molar refractivity (Wildman–Crippen MR) is 43.5 cm³/mol. The maximum Gasteiger partial charge on any atom is 0.222 e. The number of nitrogens with zero attached hydrogens (tertiary/aromatic N) is 3. The van der Waals surface area contributed by atoms with E-state index in [1.54, 1.807) is 7.05 Å². The highest BCUT2D eigenvalue weighted by Crippen LogP contribution is 1.83. The Morgan fingerprint density at radius 2 is 2.42 bits per heavy atom. The van der Waals surface area contributed by atoms with Crippen LogP contribution in [-0.4, -0.2) is 32.7 Å². The van der Waals surface area contributed by atoms with Crippen LogP contribution in [0.3, 0.4) is 0 Å². The van der Waals surface area contributed by atoms with Gasteiger partial charge in [0.05, 0.1) is 13.2 Å². The average Bonchev–Trinajstić information content (AvgIpc) is 2.10. The van der Waals surface area contributed by atoms with E-state index >= 15 is 0 Å². The SMILES string of the molecule is CNC(=O)CCOCCN=[N+]=[N-]. The molecule has 0 fully saturated rings. The summed E-state index contributed by atoms with van der Waals surface area (Å²) in [5.74, 6) is -0.0567. The van der Waals surface area contributed by atoms with E-state index in [1.165, 1.54) is 0 Å². The zero-order valence-corrected chi connectivity index (χ0v) is 6.99. The van der Waals surface area contributed by atoms with Gasteiger partial charge in [-0.3, -0.25) is 4.79 Å². The number of ether oxygens (including phenoxy) is 1. The van der Waals surface area contributed by atoms with Crippen molar-refractivity contribution in [2.75, 3.05) is 26.8 Å². The van der Waals surface area contributed by atoms with E-state index < -0.39 is 0 Å². The highest BCUT2D eigenvalue weighted by Gasteiger charge is 1.95. The van der Waals surface area contributed by atoms with Crippen molar-refractivity contribution in [3.63, 3.8) is 0 Å². The van der Waals surface area contributed by atoms with E-state index in [-0.39, 0.29) is 5.91 Å². The zero-order valence-electron chi connectivity index (χ0n) is 6.99. The van der Waals surface area contributed by atoms with Crippen molar-refractivity contribution in [2.24, 2.45) is 5.11 Å². The molecule has 12 heavy (non-hydrogen) atoms. The lowest BCUT2D eigenvalue weighted by molar-refractivity contribution is -0.121. The zero-order chi connectivity index (χ0) is 9.23. The van der Waals surface area contributed by atoms with Gasteiger partial charge in [-0.25, -0.2) is 0 Å². The van der Waals surface area contributed by atoms with Gasteiger partial charge in [0.1, 0.15) is 0 Å². The molecule has 0 aliphatic heterocycles. The Hall–Kier alpha value is -1.26. The van der Waals surface area contributed by atoms with Gasteiger partial charge in [0.25, 0.3) is 0 Å². The Morgan fingerprint density at radius 1 is 1.67 bits per heavy atom. The molecule has 0 aliphatic carbocycles. The van der Waals surface area contributed by atoms with Crippen LogP contribution in [-0.2, 0) is 9.53 Å². The van der Waals surface area contributed by atoms with Crippen LogP contribution in [0.4, 0.5) is 0 Å². The fraction of sp³-hybridized carbons (Fsp3) is 0.833. The van der Waals surface area contributed by atoms with Crippen molar-refractivity contribution in [1.29, 1.82) is 0 Å². The molecule has 0 heterocycles. The molecule has 0 aromatic carbocycles. The molecular weight excluding hydrogens is 160 g/mol. The molecule has 0 spiro atoms. The van der Waals surface area contributed by atoms with Gasteiger partial charge >= 0.3 is 0 Å². The van der Waals surface area contributed by atoms with Crippen molar-refractivity contribution in [2.45, 2.75) is 6.42 Å². The van der Waals surface area contributed by atoms with Crippen LogP contribution in [0, 0.1) is 0 Å². The molecule has 0 rings (SSSR count). The lowest BCUT2D eigenvalue weighted by Gasteiger charge is -2.00. The fourth-order valence-electron chi connectivity index (χ4n) is 0.542. The minimum absolute atomic E-state index is 0.0567. The molecule has 1 amide bonds. The number of amides is 1. The first-order valence-electron chi connectivity index (χ1n) is 3.60. The maximum atomic E-state index is 10.6. The van der Waals surface area contributed by atoms with Crippen LogP contribution in [0.5, 0.6) is 0 Å². The van der Waals surface area contributed by atoms with E-state index in [1.807, 2.05) is 0 Å². The number of hydrogen-bond acceptors (Lipinski definition) is 3. The molecule has 0 bridgehead atoms.